The zero-order valence-electron chi connectivity index (χ0n) is 17.1. The lowest BCUT2D eigenvalue weighted by atomic mass is 9.80. The van der Waals surface area contributed by atoms with Gasteiger partial charge in [-0.25, -0.2) is 0 Å². The largest absolute Gasteiger partial charge is 0.320 e. The first-order chi connectivity index (χ1) is 15.1. The Kier molecular flexibility index (Phi) is 4.00. The summed E-state index contributed by atoms with van der Waals surface area (Å²) < 4.78 is 0. The monoisotopic (exact) mass is 409 g/mol. The number of amides is 2. The van der Waals surface area contributed by atoms with Crippen LogP contribution in [0.25, 0.3) is 10.9 Å². The van der Waals surface area contributed by atoms with Gasteiger partial charge in [0, 0.05) is 34.4 Å². The highest BCUT2D eigenvalue weighted by atomic mass is 16.2. The van der Waals surface area contributed by atoms with E-state index in [1.165, 1.54) is 19.3 Å². The van der Waals surface area contributed by atoms with Gasteiger partial charge in [0.25, 0.3) is 5.91 Å². The van der Waals surface area contributed by atoms with E-state index in [-0.39, 0.29) is 17.7 Å². The summed E-state index contributed by atoms with van der Waals surface area (Å²) in [7, 11) is 0. The minimum Gasteiger partial charge on any atom is -0.320 e. The minimum atomic E-state index is -0.203. The third-order valence-electron chi connectivity index (χ3n) is 7.36. The van der Waals surface area contributed by atoms with E-state index in [0.717, 1.165) is 22.3 Å². The molecule has 5 nitrogen and oxygen atoms in total. The SMILES string of the molecule is C=C1C2C3CCC(C3)C2C(=O)N1c1ccc(C(=O)Nc2cccc3cccnc23)cc1. The molecule has 0 radical (unpaired) electrons. The first-order valence-corrected chi connectivity index (χ1v) is 10.9. The Morgan fingerprint density at radius 2 is 1.74 bits per heavy atom. The smallest absolute Gasteiger partial charge is 0.255 e. The van der Waals surface area contributed by atoms with Crippen molar-refractivity contribution in [3.05, 3.63) is 78.6 Å². The number of carbonyl (C=O) groups excluding carboxylic acids is 2. The lowest BCUT2D eigenvalue weighted by Gasteiger charge is -2.22. The van der Waals surface area contributed by atoms with E-state index < -0.39 is 0 Å². The molecule has 3 aliphatic rings. The van der Waals surface area contributed by atoms with Crippen molar-refractivity contribution in [1.82, 2.24) is 4.98 Å². The third kappa shape index (κ3) is 2.73. The standard InChI is InChI=1S/C26H23N3O2/c1-15-22-18-7-8-19(14-18)23(22)26(31)29(15)20-11-9-17(10-12-20)25(30)28-21-6-2-4-16-5-3-13-27-24(16)21/h2-6,9-13,18-19,22-23H,1,7-8,14H2,(H,28,30). The maximum atomic E-state index is 13.2. The van der Waals surface area contributed by atoms with Gasteiger partial charge < -0.3 is 5.32 Å². The minimum absolute atomic E-state index is 0.105. The molecule has 2 amide bonds. The molecule has 3 fully saturated rings. The second-order valence-corrected chi connectivity index (χ2v) is 8.93. The number of hydrogen-bond donors (Lipinski definition) is 1. The molecule has 2 saturated carbocycles. The van der Waals surface area contributed by atoms with Gasteiger partial charge in [0.1, 0.15) is 0 Å². The number of hydrogen-bond acceptors (Lipinski definition) is 3. The Hall–Kier alpha value is -3.47. The lowest BCUT2D eigenvalue weighted by Crippen LogP contribution is -2.28. The van der Waals surface area contributed by atoms with Crippen LogP contribution in [0.5, 0.6) is 0 Å². The van der Waals surface area contributed by atoms with E-state index in [9.17, 15) is 9.59 Å². The van der Waals surface area contributed by atoms with Crippen molar-refractivity contribution >= 4 is 34.1 Å². The fraction of sp³-hybridized carbons (Fsp3) is 0.269. The van der Waals surface area contributed by atoms with Crippen LogP contribution in [0.1, 0.15) is 29.6 Å². The molecular formula is C26H23N3O2. The molecule has 31 heavy (non-hydrogen) atoms. The average Bonchev–Trinajstić information content (AvgIpc) is 3.48. The molecule has 1 N–H and O–H groups in total. The number of nitrogens with zero attached hydrogens (tertiary/aromatic N) is 2. The highest BCUT2D eigenvalue weighted by molar-refractivity contribution is 6.09. The molecular weight excluding hydrogens is 386 g/mol. The molecule has 2 aliphatic carbocycles. The predicted octanol–water partition coefficient (Wildman–Crippen LogP) is 5.01. The van der Waals surface area contributed by atoms with Gasteiger partial charge in [-0.1, -0.05) is 24.8 Å². The fourth-order valence-electron chi connectivity index (χ4n) is 6.02. The molecule has 4 atom stereocenters. The number of nitrogens with one attached hydrogen (secondary N) is 1. The molecule has 1 aliphatic heterocycles. The first kappa shape index (κ1) is 18.3. The molecule has 1 aromatic heterocycles. The highest BCUT2D eigenvalue weighted by Gasteiger charge is 2.58. The molecule has 154 valence electrons. The van der Waals surface area contributed by atoms with Crippen molar-refractivity contribution in [2.45, 2.75) is 19.3 Å². The normalized spacial score (nSPS) is 26.5. The van der Waals surface area contributed by atoms with Crippen LogP contribution in [-0.4, -0.2) is 16.8 Å². The van der Waals surface area contributed by atoms with E-state index >= 15 is 0 Å². The summed E-state index contributed by atoms with van der Waals surface area (Å²) in [4.78, 5) is 32.2. The van der Waals surface area contributed by atoms with Crippen LogP contribution in [0.4, 0.5) is 11.4 Å². The fourth-order valence-corrected chi connectivity index (χ4v) is 6.02. The van der Waals surface area contributed by atoms with Gasteiger partial charge >= 0.3 is 0 Å². The van der Waals surface area contributed by atoms with Crippen LogP contribution in [-0.2, 0) is 4.79 Å². The topological polar surface area (TPSA) is 62.3 Å². The number of carbonyl (C=O) groups is 2. The van der Waals surface area contributed by atoms with Crippen LogP contribution in [0, 0.1) is 23.7 Å². The molecule has 2 bridgehead atoms. The number of fused-ring (bicyclic) bond motifs is 6. The van der Waals surface area contributed by atoms with Crippen molar-refractivity contribution in [2.24, 2.45) is 23.7 Å². The number of aromatic nitrogens is 1. The van der Waals surface area contributed by atoms with E-state index in [1.54, 1.807) is 23.2 Å². The second kappa shape index (κ2) is 6.77. The van der Waals surface area contributed by atoms with Crippen molar-refractivity contribution in [3.8, 4) is 0 Å². The van der Waals surface area contributed by atoms with E-state index in [2.05, 4.69) is 16.9 Å². The number of para-hydroxylation sites is 1. The number of benzene rings is 2. The van der Waals surface area contributed by atoms with Crippen LogP contribution in [0.15, 0.2) is 73.1 Å². The zero-order valence-corrected chi connectivity index (χ0v) is 17.1. The Morgan fingerprint density at radius 1 is 1.00 bits per heavy atom. The summed E-state index contributed by atoms with van der Waals surface area (Å²) in [5, 5.41) is 3.93. The first-order valence-electron chi connectivity index (χ1n) is 10.9. The summed E-state index contributed by atoms with van der Waals surface area (Å²) >= 11 is 0. The van der Waals surface area contributed by atoms with Gasteiger partial charge in [-0.15, -0.1) is 0 Å². The molecule has 2 heterocycles. The van der Waals surface area contributed by atoms with Gasteiger partial charge in [0.2, 0.25) is 5.91 Å². The summed E-state index contributed by atoms with van der Waals surface area (Å²) in [5.74, 6) is 1.51. The number of rotatable bonds is 3. The van der Waals surface area contributed by atoms with E-state index in [0.29, 0.717) is 29.0 Å². The van der Waals surface area contributed by atoms with Crippen molar-refractivity contribution in [1.29, 1.82) is 0 Å². The van der Waals surface area contributed by atoms with Gasteiger partial charge in [-0.05, 0) is 67.5 Å². The van der Waals surface area contributed by atoms with Crippen molar-refractivity contribution < 1.29 is 9.59 Å². The Bertz CT molecular complexity index is 1200. The van der Waals surface area contributed by atoms with Crippen LogP contribution in [0.3, 0.4) is 0 Å². The van der Waals surface area contributed by atoms with Gasteiger partial charge in [-0.2, -0.15) is 0 Å². The van der Waals surface area contributed by atoms with E-state index in [4.69, 9.17) is 0 Å². The summed E-state index contributed by atoms with van der Waals surface area (Å²) in [6.07, 6.45) is 5.28. The maximum Gasteiger partial charge on any atom is 0.255 e. The maximum absolute atomic E-state index is 13.2. The molecule has 5 heteroatoms. The molecule has 0 spiro atoms. The highest BCUT2D eigenvalue weighted by Crippen LogP contribution is 2.59. The van der Waals surface area contributed by atoms with Crippen LogP contribution in [0.2, 0.25) is 0 Å². The van der Waals surface area contributed by atoms with Gasteiger partial charge in [0.15, 0.2) is 0 Å². The molecule has 3 aromatic rings. The van der Waals surface area contributed by atoms with Gasteiger partial charge in [0.05, 0.1) is 17.1 Å². The number of pyridine rings is 1. The Morgan fingerprint density at radius 3 is 2.52 bits per heavy atom. The Balaban J connectivity index is 1.24. The summed E-state index contributed by atoms with van der Waals surface area (Å²) in [5.41, 5.74) is 3.70. The lowest BCUT2D eigenvalue weighted by molar-refractivity contribution is -0.122. The van der Waals surface area contributed by atoms with Crippen LogP contribution < -0.4 is 10.2 Å². The van der Waals surface area contributed by atoms with Crippen molar-refractivity contribution in [3.63, 3.8) is 0 Å². The zero-order chi connectivity index (χ0) is 21.1. The molecule has 4 unspecified atom stereocenters. The van der Waals surface area contributed by atoms with E-state index in [1.807, 2.05) is 42.5 Å². The summed E-state index contributed by atoms with van der Waals surface area (Å²) in [6, 6.07) is 16.8. The number of allylic oxidation sites excluding steroid dienone is 1. The van der Waals surface area contributed by atoms with Crippen LogP contribution >= 0.6 is 0 Å². The average molecular weight is 409 g/mol. The second-order valence-electron chi connectivity index (χ2n) is 8.93. The quantitative estimate of drug-likeness (QED) is 0.661. The third-order valence-corrected chi connectivity index (χ3v) is 7.36. The predicted molar refractivity (Wildman–Crippen MR) is 121 cm³/mol. The molecule has 2 aromatic carbocycles. The van der Waals surface area contributed by atoms with Gasteiger partial charge in [-0.3, -0.25) is 19.5 Å². The Labute approximate surface area is 180 Å². The summed E-state index contributed by atoms with van der Waals surface area (Å²) in [6.45, 7) is 4.29. The molecule has 1 saturated heterocycles. The molecule has 6 rings (SSSR count). The van der Waals surface area contributed by atoms with Crippen molar-refractivity contribution in [2.75, 3.05) is 10.2 Å². The number of anilines is 2.